The minimum atomic E-state index is -1.46. The number of azo groups is 1. The van der Waals surface area contributed by atoms with Gasteiger partial charge in [0.25, 0.3) is 5.91 Å². The number of benzene rings is 2. The molecule has 2 aromatic rings. The van der Waals surface area contributed by atoms with Crippen molar-refractivity contribution in [3.63, 3.8) is 0 Å². The average molecular weight is 498 g/mol. The van der Waals surface area contributed by atoms with Gasteiger partial charge in [-0.2, -0.15) is 10.2 Å². The van der Waals surface area contributed by atoms with Gasteiger partial charge in [0.1, 0.15) is 39.4 Å². The molecule has 0 fully saturated rings. The first kappa shape index (κ1) is 26.2. The Morgan fingerprint density at radius 1 is 0.970 bits per heavy atom. The van der Waals surface area contributed by atoms with E-state index in [0.29, 0.717) is 36.2 Å². The van der Waals surface area contributed by atoms with Gasteiger partial charge >= 0.3 is 0 Å². The quantitative estimate of drug-likeness (QED) is 0.324. The van der Waals surface area contributed by atoms with Gasteiger partial charge in [-0.25, -0.2) is 0 Å². The zero-order valence-corrected chi connectivity index (χ0v) is 20.4. The highest BCUT2D eigenvalue weighted by molar-refractivity contribution is 6.36. The molecular formula is C22H25Cl2N3O6. The number of hydrogen-bond acceptors (Lipinski definition) is 8. The molecule has 1 N–H and O–H groups in total. The first-order valence-electron chi connectivity index (χ1n) is 9.99. The first-order valence-corrected chi connectivity index (χ1v) is 10.7. The molecule has 0 heterocycles. The maximum atomic E-state index is 13.0. The maximum absolute atomic E-state index is 13.0. The van der Waals surface area contributed by atoms with Gasteiger partial charge in [0.15, 0.2) is 5.78 Å². The molecule has 11 heteroatoms. The van der Waals surface area contributed by atoms with Gasteiger partial charge in [-0.05, 0) is 39.0 Å². The molecule has 0 aliphatic carbocycles. The maximum Gasteiger partial charge on any atom is 0.258 e. The van der Waals surface area contributed by atoms with Crippen molar-refractivity contribution in [1.82, 2.24) is 0 Å². The lowest BCUT2D eigenvalue weighted by molar-refractivity contribution is -0.126. The minimum Gasteiger partial charge on any atom is -0.495 e. The van der Waals surface area contributed by atoms with E-state index in [-0.39, 0.29) is 21.4 Å². The van der Waals surface area contributed by atoms with Crippen LogP contribution in [0.25, 0.3) is 0 Å². The molecule has 0 aromatic heterocycles. The molecule has 0 radical (unpaired) electrons. The summed E-state index contributed by atoms with van der Waals surface area (Å²) in [5, 5.41) is 11.0. The lowest BCUT2D eigenvalue weighted by atomic mass is 10.2. The molecule has 0 saturated heterocycles. The Morgan fingerprint density at radius 2 is 1.58 bits per heavy atom. The van der Waals surface area contributed by atoms with Crippen LogP contribution in [0.1, 0.15) is 20.8 Å². The van der Waals surface area contributed by atoms with Crippen LogP contribution >= 0.6 is 23.2 Å². The molecule has 0 aliphatic heterocycles. The molecule has 0 saturated carbocycles. The number of carbonyl (C=O) groups is 2. The van der Waals surface area contributed by atoms with Crippen molar-refractivity contribution in [1.29, 1.82) is 0 Å². The SMILES string of the molecule is CCOc1ccc(OCC)c(NC(=O)C(N=Nc2cc(Cl)c(OC)cc2OC)C(C)=O)c1Cl. The van der Waals surface area contributed by atoms with E-state index in [4.69, 9.17) is 42.1 Å². The molecule has 178 valence electrons. The molecule has 2 aromatic carbocycles. The monoisotopic (exact) mass is 497 g/mol. The fourth-order valence-corrected chi connectivity index (χ4v) is 3.24. The van der Waals surface area contributed by atoms with E-state index in [0.717, 1.165) is 0 Å². The zero-order valence-electron chi connectivity index (χ0n) is 18.9. The number of carbonyl (C=O) groups excluding carboxylic acids is 2. The van der Waals surface area contributed by atoms with Gasteiger partial charge in [0.2, 0.25) is 6.04 Å². The second-order valence-electron chi connectivity index (χ2n) is 6.49. The van der Waals surface area contributed by atoms with Gasteiger partial charge in [-0.3, -0.25) is 9.59 Å². The summed E-state index contributed by atoms with van der Waals surface area (Å²) in [5.41, 5.74) is 0.384. The Labute approximate surface area is 202 Å². The Hall–Kier alpha value is -3.04. The number of methoxy groups -OCH3 is 2. The largest absolute Gasteiger partial charge is 0.495 e. The van der Waals surface area contributed by atoms with E-state index < -0.39 is 17.7 Å². The Kier molecular flexibility index (Phi) is 9.74. The predicted octanol–water partition coefficient (Wildman–Crippen LogP) is 5.49. The van der Waals surface area contributed by atoms with Crippen molar-refractivity contribution in [2.75, 3.05) is 32.8 Å². The second-order valence-corrected chi connectivity index (χ2v) is 7.28. The molecule has 0 spiro atoms. The molecule has 33 heavy (non-hydrogen) atoms. The average Bonchev–Trinajstić information content (AvgIpc) is 2.78. The van der Waals surface area contributed by atoms with Gasteiger partial charge in [0, 0.05) is 6.07 Å². The van der Waals surface area contributed by atoms with Crippen molar-refractivity contribution < 1.29 is 28.5 Å². The number of nitrogens with one attached hydrogen (secondary N) is 1. The fraction of sp³-hybridized carbons (Fsp3) is 0.364. The lowest BCUT2D eigenvalue weighted by Crippen LogP contribution is -2.32. The minimum absolute atomic E-state index is 0.138. The molecule has 0 bridgehead atoms. The summed E-state index contributed by atoms with van der Waals surface area (Å²) in [6.45, 7) is 5.52. The number of hydrogen-bond donors (Lipinski definition) is 1. The summed E-state index contributed by atoms with van der Waals surface area (Å²) in [6, 6.07) is 4.76. The predicted molar refractivity (Wildman–Crippen MR) is 126 cm³/mol. The van der Waals surface area contributed by atoms with Crippen LogP contribution in [0.4, 0.5) is 11.4 Å². The van der Waals surface area contributed by atoms with Crippen LogP contribution < -0.4 is 24.3 Å². The topological polar surface area (TPSA) is 108 Å². The number of halogens is 2. The summed E-state index contributed by atoms with van der Waals surface area (Å²) < 4.78 is 21.4. The Balaban J connectivity index is 2.38. The van der Waals surface area contributed by atoms with E-state index >= 15 is 0 Å². The second kappa shape index (κ2) is 12.3. The number of amides is 1. The molecule has 9 nitrogen and oxygen atoms in total. The van der Waals surface area contributed by atoms with Crippen LogP contribution in [-0.4, -0.2) is 45.2 Å². The van der Waals surface area contributed by atoms with Gasteiger partial charge < -0.3 is 24.3 Å². The number of ketones is 1. The van der Waals surface area contributed by atoms with Crippen molar-refractivity contribution in [3.05, 3.63) is 34.3 Å². The zero-order chi connectivity index (χ0) is 24.5. The summed E-state index contributed by atoms with van der Waals surface area (Å²) in [7, 11) is 2.89. The first-order chi connectivity index (χ1) is 15.8. The van der Waals surface area contributed by atoms with Crippen LogP contribution in [-0.2, 0) is 9.59 Å². The number of anilines is 1. The Bertz CT molecular complexity index is 1050. The summed E-state index contributed by atoms with van der Waals surface area (Å²) in [6.07, 6.45) is 0. The third-order valence-electron chi connectivity index (χ3n) is 4.28. The summed E-state index contributed by atoms with van der Waals surface area (Å²) in [4.78, 5) is 25.2. The van der Waals surface area contributed by atoms with Gasteiger partial charge in [-0.1, -0.05) is 23.2 Å². The molecule has 0 aliphatic rings. The van der Waals surface area contributed by atoms with Crippen LogP contribution in [0.5, 0.6) is 23.0 Å². The number of nitrogens with zero attached hydrogens (tertiary/aromatic N) is 2. The van der Waals surface area contributed by atoms with Gasteiger partial charge in [-0.15, -0.1) is 0 Å². The van der Waals surface area contributed by atoms with Gasteiger partial charge in [0.05, 0.1) is 32.5 Å². The summed E-state index contributed by atoms with van der Waals surface area (Å²) >= 11 is 12.6. The van der Waals surface area contributed by atoms with Crippen molar-refractivity contribution >= 4 is 46.3 Å². The fourth-order valence-electron chi connectivity index (χ4n) is 2.75. The van der Waals surface area contributed by atoms with E-state index in [9.17, 15) is 9.59 Å². The Morgan fingerprint density at radius 3 is 2.15 bits per heavy atom. The van der Waals surface area contributed by atoms with E-state index in [2.05, 4.69) is 15.5 Å². The van der Waals surface area contributed by atoms with Crippen LogP contribution in [0.15, 0.2) is 34.5 Å². The summed E-state index contributed by atoms with van der Waals surface area (Å²) in [5.74, 6) is 0.0688. The van der Waals surface area contributed by atoms with Crippen LogP contribution in [0, 0.1) is 0 Å². The number of Topliss-reactive ketones (excluding diaryl/α,β-unsaturated/α-hetero) is 1. The smallest absolute Gasteiger partial charge is 0.258 e. The molecule has 2 rings (SSSR count). The number of ether oxygens (including phenoxy) is 4. The highest BCUT2D eigenvalue weighted by Crippen LogP contribution is 2.40. The molecule has 1 amide bonds. The third-order valence-corrected chi connectivity index (χ3v) is 4.95. The molecule has 1 unspecified atom stereocenters. The highest BCUT2D eigenvalue weighted by Gasteiger charge is 2.26. The van der Waals surface area contributed by atoms with Crippen LogP contribution in [0.2, 0.25) is 10.0 Å². The number of rotatable bonds is 11. The van der Waals surface area contributed by atoms with Crippen molar-refractivity contribution in [2.24, 2.45) is 10.2 Å². The third kappa shape index (κ3) is 6.49. The van der Waals surface area contributed by atoms with Crippen molar-refractivity contribution in [3.8, 4) is 23.0 Å². The molecular weight excluding hydrogens is 473 g/mol. The lowest BCUT2D eigenvalue weighted by Gasteiger charge is -2.17. The van der Waals surface area contributed by atoms with Crippen LogP contribution in [0.3, 0.4) is 0 Å². The highest BCUT2D eigenvalue weighted by atomic mass is 35.5. The van der Waals surface area contributed by atoms with E-state index in [1.165, 1.54) is 33.3 Å². The van der Waals surface area contributed by atoms with Crippen molar-refractivity contribution in [2.45, 2.75) is 26.8 Å². The molecule has 1 atom stereocenters. The van der Waals surface area contributed by atoms with E-state index in [1.54, 1.807) is 26.0 Å². The van der Waals surface area contributed by atoms with E-state index in [1.807, 2.05) is 0 Å². The standard InChI is InChI=1S/C22H25Cl2N3O6/c1-6-32-15-8-9-16(33-7-2)21(19(15)24)25-22(29)20(12(3)28)27-26-14-10-13(23)17(30-4)11-18(14)31-5/h8-11,20H,6-7H2,1-5H3,(H,25,29). The normalized spacial score (nSPS) is 11.7.